The van der Waals surface area contributed by atoms with Gasteiger partial charge in [-0.1, -0.05) is 18.2 Å². The minimum Gasteiger partial charge on any atom is -0.481 e. The first-order valence-corrected chi connectivity index (χ1v) is 6.55. The van der Waals surface area contributed by atoms with Gasteiger partial charge in [0.1, 0.15) is 5.92 Å². The smallest absolute Gasteiger partial charge is 0.312 e. The molecule has 5 heteroatoms. The van der Waals surface area contributed by atoms with Crippen LogP contribution in [0.5, 0.6) is 0 Å². The first-order valence-electron chi connectivity index (χ1n) is 6.55. The molecule has 1 aromatic rings. The molecule has 1 fully saturated rings. The highest BCUT2D eigenvalue weighted by molar-refractivity contribution is 6.01. The van der Waals surface area contributed by atoms with Crippen molar-refractivity contribution in [2.24, 2.45) is 0 Å². The molecule has 5 nitrogen and oxygen atoms in total. The standard InChI is InChI=1S/C14H16N2O3/c17-13(11-5-3-7-15-11)16-8-10(14(18)19)9-4-1-2-6-12(9)16/h1-2,4,6,10-11,15H,3,5,7-8H2,(H,18,19). The van der Waals surface area contributed by atoms with E-state index < -0.39 is 11.9 Å². The van der Waals surface area contributed by atoms with Crippen molar-refractivity contribution in [1.82, 2.24) is 5.32 Å². The predicted octanol–water partition coefficient (Wildman–Crippen LogP) is 0.953. The Morgan fingerprint density at radius 1 is 1.32 bits per heavy atom. The third-order valence-corrected chi connectivity index (χ3v) is 3.89. The van der Waals surface area contributed by atoms with E-state index in [-0.39, 0.29) is 18.5 Å². The summed E-state index contributed by atoms with van der Waals surface area (Å²) in [5, 5.41) is 12.4. The number of nitrogens with one attached hydrogen (secondary N) is 1. The summed E-state index contributed by atoms with van der Waals surface area (Å²) >= 11 is 0. The van der Waals surface area contributed by atoms with Gasteiger partial charge in [-0.25, -0.2) is 0 Å². The number of anilines is 1. The van der Waals surface area contributed by atoms with Gasteiger partial charge in [0.05, 0.1) is 6.04 Å². The van der Waals surface area contributed by atoms with Crippen molar-refractivity contribution in [2.45, 2.75) is 24.8 Å². The molecule has 2 aliphatic rings. The average molecular weight is 260 g/mol. The number of carboxylic acids is 1. The van der Waals surface area contributed by atoms with Crippen LogP contribution in [0, 0.1) is 0 Å². The Bertz CT molecular complexity index is 523. The van der Waals surface area contributed by atoms with E-state index in [1.165, 1.54) is 0 Å². The van der Waals surface area contributed by atoms with Crippen molar-refractivity contribution < 1.29 is 14.7 Å². The van der Waals surface area contributed by atoms with Crippen LogP contribution in [0.2, 0.25) is 0 Å². The number of amides is 1. The van der Waals surface area contributed by atoms with Gasteiger partial charge in [-0.3, -0.25) is 9.59 Å². The lowest BCUT2D eigenvalue weighted by Gasteiger charge is -2.21. The molecule has 1 aromatic carbocycles. The lowest BCUT2D eigenvalue weighted by Crippen LogP contribution is -2.43. The Balaban J connectivity index is 1.91. The van der Waals surface area contributed by atoms with Crippen LogP contribution in [0.3, 0.4) is 0 Å². The topological polar surface area (TPSA) is 69.6 Å². The zero-order chi connectivity index (χ0) is 13.4. The molecule has 2 aliphatic heterocycles. The lowest BCUT2D eigenvalue weighted by atomic mass is 10.0. The Kier molecular flexibility index (Phi) is 2.98. The number of aliphatic carboxylic acids is 1. The number of benzene rings is 1. The second kappa shape index (κ2) is 4.66. The Labute approximate surface area is 111 Å². The number of rotatable bonds is 2. The maximum absolute atomic E-state index is 12.4. The summed E-state index contributed by atoms with van der Waals surface area (Å²) in [5.41, 5.74) is 1.48. The molecule has 2 atom stereocenters. The van der Waals surface area contributed by atoms with E-state index in [1.807, 2.05) is 18.2 Å². The fraction of sp³-hybridized carbons (Fsp3) is 0.429. The number of carbonyl (C=O) groups excluding carboxylic acids is 1. The zero-order valence-corrected chi connectivity index (χ0v) is 10.5. The van der Waals surface area contributed by atoms with Crippen molar-refractivity contribution >= 4 is 17.6 Å². The highest BCUT2D eigenvalue weighted by Crippen LogP contribution is 2.36. The number of carboxylic acid groups (broad SMARTS) is 1. The van der Waals surface area contributed by atoms with Crippen LogP contribution in [-0.4, -0.2) is 36.1 Å². The summed E-state index contributed by atoms with van der Waals surface area (Å²) in [7, 11) is 0. The highest BCUT2D eigenvalue weighted by atomic mass is 16.4. The molecule has 1 saturated heterocycles. The van der Waals surface area contributed by atoms with E-state index in [4.69, 9.17) is 0 Å². The molecule has 100 valence electrons. The van der Waals surface area contributed by atoms with E-state index >= 15 is 0 Å². The van der Waals surface area contributed by atoms with Gasteiger partial charge in [0.15, 0.2) is 0 Å². The van der Waals surface area contributed by atoms with E-state index in [0.717, 1.165) is 30.6 Å². The van der Waals surface area contributed by atoms with Crippen LogP contribution in [0.15, 0.2) is 24.3 Å². The number of hydrogen-bond acceptors (Lipinski definition) is 3. The summed E-state index contributed by atoms with van der Waals surface area (Å²) < 4.78 is 0. The summed E-state index contributed by atoms with van der Waals surface area (Å²) in [5.74, 6) is -1.49. The SMILES string of the molecule is O=C(O)C1CN(C(=O)C2CCCN2)c2ccccc21. The summed E-state index contributed by atoms with van der Waals surface area (Å²) in [6.07, 6.45) is 1.82. The molecule has 0 bridgehead atoms. The fourth-order valence-electron chi connectivity index (χ4n) is 2.91. The molecule has 0 aromatic heterocycles. The van der Waals surface area contributed by atoms with Crippen LogP contribution < -0.4 is 10.2 Å². The van der Waals surface area contributed by atoms with Crippen LogP contribution in [0.25, 0.3) is 0 Å². The largest absolute Gasteiger partial charge is 0.481 e. The Morgan fingerprint density at radius 3 is 2.79 bits per heavy atom. The first-order chi connectivity index (χ1) is 9.18. The van der Waals surface area contributed by atoms with Crippen LogP contribution >= 0.6 is 0 Å². The third-order valence-electron chi connectivity index (χ3n) is 3.89. The third kappa shape index (κ3) is 2.00. The van der Waals surface area contributed by atoms with E-state index in [0.29, 0.717) is 0 Å². The molecule has 2 N–H and O–H groups in total. The van der Waals surface area contributed by atoms with Gasteiger partial charge in [0.2, 0.25) is 5.91 Å². The van der Waals surface area contributed by atoms with Crippen molar-refractivity contribution in [1.29, 1.82) is 0 Å². The normalized spacial score (nSPS) is 25.4. The monoisotopic (exact) mass is 260 g/mol. The van der Waals surface area contributed by atoms with Crippen LogP contribution in [-0.2, 0) is 9.59 Å². The molecule has 2 heterocycles. The molecular formula is C14H16N2O3. The average Bonchev–Trinajstić information content (AvgIpc) is 3.05. The second-order valence-electron chi connectivity index (χ2n) is 5.05. The second-order valence-corrected chi connectivity index (χ2v) is 5.05. The van der Waals surface area contributed by atoms with E-state index in [1.54, 1.807) is 11.0 Å². The molecule has 0 saturated carbocycles. The molecule has 1 amide bonds. The number of nitrogens with zero attached hydrogens (tertiary/aromatic N) is 1. The minimum absolute atomic E-state index is 0.00583. The number of hydrogen-bond donors (Lipinski definition) is 2. The molecule has 3 rings (SSSR count). The molecule has 0 spiro atoms. The number of carbonyl (C=O) groups is 2. The van der Waals surface area contributed by atoms with Crippen molar-refractivity contribution in [3.8, 4) is 0 Å². The minimum atomic E-state index is -0.873. The van der Waals surface area contributed by atoms with Crippen LogP contribution in [0.4, 0.5) is 5.69 Å². The molecule has 0 radical (unpaired) electrons. The zero-order valence-electron chi connectivity index (χ0n) is 10.5. The maximum atomic E-state index is 12.4. The van der Waals surface area contributed by atoms with Gasteiger partial charge >= 0.3 is 5.97 Å². The summed E-state index contributed by atoms with van der Waals surface area (Å²) in [4.78, 5) is 25.4. The predicted molar refractivity (Wildman–Crippen MR) is 70.2 cm³/mol. The fourth-order valence-corrected chi connectivity index (χ4v) is 2.91. The quantitative estimate of drug-likeness (QED) is 0.830. The van der Waals surface area contributed by atoms with Crippen molar-refractivity contribution in [3.05, 3.63) is 29.8 Å². The van der Waals surface area contributed by atoms with Gasteiger partial charge < -0.3 is 15.3 Å². The summed E-state index contributed by atoms with van der Waals surface area (Å²) in [6, 6.07) is 7.11. The number of fused-ring (bicyclic) bond motifs is 1. The first kappa shape index (κ1) is 12.2. The molecular weight excluding hydrogens is 244 g/mol. The lowest BCUT2D eigenvalue weighted by molar-refractivity contribution is -0.138. The molecule has 19 heavy (non-hydrogen) atoms. The van der Waals surface area contributed by atoms with Gasteiger partial charge in [0.25, 0.3) is 0 Å². The van der Waals surface area contributed by atoms with Gasteiger partial charge in [0, 0.05) is 12.2 Å². The van der Waals surface area contributed by atoms with Gasteiger partial charge in [-0.2, -0.15) is 0 Å². The van der Waals surface area contributed by atoms with Crippen molar-refractivity contribution in [3.63, 3.8) is 0 Å². The van der Waals surface area contributed by atoms with E-state index in [2.05, 4.69) is 5.32 Å². The number of para-hydroxylation sites is 1. The van der Waals surface area contributed by atoms with Gasteiger partial charge in [-0.15, -0.1) is 0 Å². The van der Waals surface area contributed by atoms with Gasteiger partial charge in [-0.05, 0) is 31.0 Å². The summed E-state index contributed by atoms with van der Waals surface area (Å²) in [6.45, 7) is 1.10. The Morgan fingerprint density at radius 2 is 2.11 bits per heavy atom. The van der Waals surface area contributed by atoms with Crippen LogP contribution in [0.1, 0.15) is 24.3 Å². The van der Waals surface area contributed by atoms with Crippen molar-refractivity contribution in [2.75, 3.05) is 18.0 Å². The molecule has 0 aliphatic carbocycles. The molecule has 2 unspecified atom stereocenters. The highest BCUT2D eigenvalue weighted by Gasteiger charge is 2.38. The maximum Gasteiger partial charge on any atom is 0.312 e. The Hall–Kier alpha value is -1.88. The van der Waals surface area contributed by atoms with E-state index in [9.17, 15) is 14.7 Å².